The van der Waals surface area contributed by atoms with Gasteiger partial charge >= 0.3 is 6.03 Å². The standard InChI is InChI=1S/C30H42N4O7/c1-19-16-34(20(2)17-35)29(36)24-13-22(32-30(37)33-23-9-11-26-27(14-23)40-18-39-26)8-10-25(24)41-21(3)7-5-6-12-38-28(19)15-31-4/h8-11,13-14,19-21,28,31,35H,5-7,12,15-18H2,1-4H3,(H2,32,33,37)/t19-,20-,21+,28-/m1/s1. The van der Waals surface area contributed by atoms with Crippen LogP contribution in [-0.2, 0) is 4.74 Å². The lowest BCUT2D eigenvalue weighted by Gasteiger charge is -2.34. The molecule has 2 aliphatic rings. The first kappa shape index (κ1) is 30.4. The van der Waals surface area contributed by atoms with E-state index in [4.69, 9.17) is 18.9 Å². The summed E-state index contributed by atoms with van der Waals surface area (Å²) in [5.41, 5.74) is 1.27. The highest BCUT2D eigenvalue weighted by Crippen LogP contribution is 2.34. The Bertz CT molecular complexity index is 1190. The smallest absolute Gasteiger partial charge is 0.323 e. The topological polar surface area (TPSA) is 131 Å². The second-order valence-corrected chi connectivity index (χ2v) is 10.7. The number of fused-ring (bicyclic) bond motifs is 2. The summed E-state index contributed by atoms with van der Waals surface area (Å²) >= 11 is 0. The molecule has 0 aromatic heterocycles. The van der Waals surface area contributed by atoms with Crippen molar-refractivity contribution in [3.63, 3.8) is 0 Å². The number of rotatable bonds is 6. The third-order valence-corrected chi connectivity index (χ3v) is 7.35. The summed E-state index contributed by atoms with van der Waals surface area (Å²) < 4.78 is 23.2. The molecule has 11 nitrogen and oxygen atoms in total. The molecule has 2 aromatic carbocycles. The average Bonchev–Trinajstić information content (AvgIpc) is 3.42. The molecule has 0 radical (unpaired) electrons. The highest BCUT2D eigenvalue weighted by molar-refractivity contribution is 6.02. The number of likely N-dealkylation sites (N-methyl/N-ethyl adjacent to an activating group) is 1. The number of anilines is 2. The van der Waals surface area contributed by atoms with E-state index in [0.29, 0.717) is 53.9 Å². The predicted molar refractivity (Wildman–Crippen MR) is 156 cm³/mol. The Morgan fingerprint density at radius 1 is 1.05 bits per heavy atom. The van der Waals surface area contributed by atoms with E-state index in [2.05, 4.69) is 22.9 Å². The quantitative estimate of drug-likeness (QED) is 0.409. The predicted octanol–water partition coefficient (Wildman–Crippen LogP) is 4.07. The first-order chi connectivity index (χ1) is 19.8. The van der Waals surface area contributed by atoms with Crippen LogP contribution >= 0.6 is 0 Å². The summed E-state index contributed by atoms with van der Waals surface area (Å²) in [6.45, 7) is 7.45. The van der Waals surface area contributed by atoms with Crippen LogP contribution in [0, 0.1) is 5.92 Å². The normalized spacial score (nSPS) is 22.2. The maximum Gasteiger partial charge on any atom is 0.323 e. The van der Waals surface area contributed by atoms with Crippen molar-refractivity contribution in [2.75, 3.05) is 50.8 Å². The van der Waals surface area contributed by atoms with Gasteiger partial charge in [-0.2, -0.15) is 0 Å². The lowest BCUT2D eigenvalue weighted by Crippen LogP contribution is -2.47. The lowest BCUT2D eigenvalue weighted by atomic mass is 10.0. The molecule has 41 heavy (non-hydrogen) atoms. The highest BCUT2D eigenvalue weighted by Gasteiger charge is 2.30. The number of hydrogen-bond acceptors (Lipinski definition) is 8. The summed E-state index contributed by atoms with van der Waals surface area (Å²) in [6, 6.07) is 9.26. The van der Waals surface area contributed by atoms with Gasteiger partial charge in [-0.25, -0.2) is 4.79 Å². The van der Waals surface area contributed by atoms with Crippen LogP contribution in [0.25, 0.3) is 0 Å². The van der Waals surface area contributed by atoms with Crippen LogP contribution in [-0.4, -0.2) is 80.3 Å². The summed E-state index contributed by atoms with van der Waals surface area (Å²) in [5.74, 6) is 1.32. The minimum Gasteiger partial charge on any atom is -0.490 e. The first-order valence-electron chi connectivity index (χ1n) is 14.3. The number of nitrogens with one attached hydrogen (secondary N) is 3. The van der Waals surface area contributed by atoms with Crippen LogP contribution in [0.1, 0.15) is 50.4 Å². The SMILES string of the molecule is CNC[C@H]1OCCCC[C@H](C)Oc2ccc(NC(=O)Nc3ccc4c(c3)OCO4)cc2C(=O)N([C@H](C)CO)C[C@H]1C. The van der Waals surface area contributed by atoms with Crippen LogP contribution in [0.2, 0.25) is 0 Å². The molecule has 0 unspecified atom stereocenters. The monoisotopic (exact) mass is 570 g/mol. The van der Waals surface area contributed by atoms with Gasteiger partial charge in [0.05, 0.1) is 30.4 Å². The maximum absolute atomic E-state index is 14.1. The molecule has 3 amide bonds. The van der Waals surface area contributed by atoms with Gasteiger partial charge in [0.25, 0.3) is 5.91 Å². The number of carbonyl (C=O) groups is 2. The third kappa shape index (κ3) is 8.02. The van der Waals surface area contributed by atoms with E-state index in [9.17, 15) is 14.7 Å². The molecule has 0 bridgehead atoms. The fraction of sp³-hybridized carbons (Fsp3) is 0.533. The number of nitrogens with zero attached hydrogens (tertiary/aromatic N) is 1. The summed E-state index contributed by atoms with van der Waals surface area (Å²) in [5, 5.41) is 18.8. The van der Waals surface area contributed by atoms with Crippen molar-refractivity contribution in [2.45, 2.75) is 58.3 Å². The third-order valence-electron chi connectivity index (χ3n) is 7.35. The van der Waals surface area contributed by atoms with Crippen molar-refractivity contribution in [1.82, 2.24) is 10.2 Å². The van der Waals surface area contributed by atoms with Crippen LogP contribution in [0.3, 0.4) is 0 Å². The molecule has 4 atom stereocenters. The van der Waals surface area contributed by atoms with Gasteiger partial charge < -0.3 is 44.9 Å². The molecule has 0 saturated carbocycles. The second-order valence-electron chi connectivity index (χ2n) is 10.7. The van der Waals surface area contributed by atoms with Gasteiger partial charge in [-0.15, -0.1) is 0 Å². The number of aliphatic hydroxyl groups excluding tert-OH is 1. The van der Waals surface area contributed by atoms with Crippen LogP contribution < -0.4 is 30.2 Å². The maximum atomic E-state index is 14.1. The molecule has 224 valence electrons. The second kappa shape index (κ2) is 14.4. The molecule has 11 heteroatoms. The number of ether oxygens (including phenoxy) is 4. The van der Waals surface area contributed by atoms with Crippen LogP contribution in [0.4, 0.5) is 16.2 Å². The Balaban J connectivity index is 1.60. The lowest BCUT2D eigenvalue weighted by molar-refractivity contribution is -0.000451. The molecule has 0 aliphatic carbocycles. The van der Waals surface area contributed by atoms with Crippen molar-refractivity contribution >= 4 is 23.3 Å². The van der Waals surface area contributed by atoms with E-state index in [0.717, 1.165) is 19.3 Å². The van der Waals surface area contributed by atoms with Gasteiger partial charge in [0.2, 0.25) is 6.79 Å². The summed E-state index contributed by atoms with van der Waals surface area (Å²) in [7, 11) is 1.88. The Morgan fingerprint density at radius 3 is 2.49 bits per heavy atom. The number of urea groups is 1. The zero-order valence-corrected chi connectivity index (χ0v) is 24.3. The van der Waals surface area contributed by atoms with Crippen molar-refractivity contribution in [2.24, 2.45) is 5.92 Å². The molecular weight excluding hydrogens is 528 g/mol. The minimum absolute atomic E-state index is 0.000388. The van der Waals surface area contributed by atoms with Gasteiger partial charge in [-0.1, -0.05) is 6.92 Å². The average molecular weight is 571 g/mol. The van der Waals surface area contributed by atoms with Crippen LogP contribution in [0.15, 0.2) is 36.4 Å². The summed E-state index contributed by atoms with van der Waals surface area (Å²) in [6.07, 6.45) is 2.42. The molecule has 4 N–H and O–H groups in total. The molecule has 0 saturated heterocycles. The van der Waals surface area contributed by atoms with Crippen molar-refractivity contribution < 1.29 is 33.6 Å². The van der Waals surface area contributed by atoms with E-state index in [1.165, 1.54) is 0 Å². The number of benzene rings is 2. The molecule has 0 fully saturated rings. The Kier molecular flexibility index (Phi) is 10.7. The first-order valence-corrected chi connectivity index (χ1v) is 14.3. The number of amides is 3. The van der Waals surface area contributed by atoms with Gasteiger partial charge in [-0.05, 0) is 70.5 Å². The molecular formula is C30H42N4O7. The molecule has 0 spiro atoms. The van der Waals surface area contributed by atoms with Gasteiger partial charge in [0, 0.05) is 43.1 Å². The Hall–Kier alpha value is -3.54. The number of aliphatic hydroxyl groups is 1. The van der Waals surface area contributed by atoms with E-state index in [1.54, 1.807) is 41.3 Å². The molecule has 2 aromatic rings. The van der Waals surface area contributed by atoms with E-state index in [-0.39, 0.29) is 37.4 Å². The molecule has 4 rings (SSSR count). The highest BCUT2D eigenvalue weighted by atomic mass is 16.7. The van der Waals surface area contributed by atoms with Gasteiger partial charge in [0.1, 0.15) is 5.75 Å². The number of hydrogen-bond donors (Lipinski definition) is 4. The Labute approximate surface area is 241 Å². The Morgan fingerprint density at radius 2 is 1.76 bits per heavy atom. The summed E-state index contributed by atoms with van der Waals surface area (Å²) in [4.78, 5) is 28.6. The van der Waals surface area contributed by atoms with E-state index >= 15 is 0 Å². The van der Waals surface area contributed by atoms with E-state index in [1.807, 2.05) is 20.9 Å². The largest absolute Gasteiger partial charge is 0.490 e. The minimum atomic E-state index is -0.479. The van der Waals surface area contributed by atoms with Crippen molar-refractivity contribution in [1.29, 1.82) is 0 Å². The zero-order valence-electron chi connectivity index (χ0n) is 24.3. The van der Waals surface area contributed by atoms with Gasteiger partial charge in [0.15, 0.2) is 11.5 Å². The zero-order chi connectivity index (χ0) is 29.4. The van der Waals surface area contributed by atoms with E-state index < -0.39 is 12.1 Å². The van der Waals surface area contributed by atoms with Crippen molar-refractivity contribution in [3.8, 4) is 17.2 Å². The molecule has 2 heterocycles. The molecule has 2 aliphatic heterocycles. The fourth-order valence-electron chi connectivity index (χ4n) is 4.96. The van der Waals surface area contributed by atoms with Gasteiger partial charge in [-0.3, -0.25) is 4.79 Å². The number of carbonyl (C=O) groups excluding carboxylic acids is 2. The van der Waals surface area contributed by atoms with Crippen LogP contribution in [0.5, 0.6) is 17.2 Å². The fourth-order valence-corrected chi connectivity index (χ4v) is 4.96. The van der Waals surface area contributed by atoms with Crippen molar-refractivity contribution in [3.05, 3.63) is 42.0 Å².